The summed E-state index contributed by atoms with van der Waals surface area (Å²) >= 11 is 0. The fourth-order valence-corrected chi connectivity index (χ4v) is 1.21. The molecule has 1 N–H and O–H groups in total. The summed E-state index contributed by atoms with van der Waals surface area (Å²) in [6, 6.07) is 7.35. The predicted molar refractivity (Wildman–Crippen MR) is 59.7 cm³/mol. The van der Waals surface area contributed by atoms with Gasteiger partial charge in [-0.3, -0.25) is 0 Å². The van der Waals surface area contributed by atoms with Crippen molar-refractivity contribution in [2.75, 3.05) is 13.7 Å². The summed E-state index contributed by atoms with van der Waals surface area (Å²) in [5.74, 6) is -0.403. The number of aliphatic carboxylic acids is 1. The van der Waals surface area contributed by atoms with Crippen LogP contribution in [0.1, 0.15) is 12.5 Å². The van der Waals surface area contributed by atoms with Crippen molar-refractivity contribution < 1.29 is 19.4 Å². The quantitative estimate of drug-likeness (QED) is 0.799. The summed E-state index contributed by atoms with van der Waals surface area (Å²) in [7, 11) is 1.66. The SMILES string of the molecule is COCCc1ccc(OC(C)C(=O)O)cc1. The third-order valence-corrected chi connectivity index (χ3v) is 2.18. The number of hydrogen-bond donors (Lipinski definition) is 1. The normalized spacial score (nSPS) is 12.1. The van der Waals surface area contributed by atoms with Crippen molar-refractivity contribution >= 4 is 5.97 Å². The molecule has 0 aliphatic rings. The van der Waals surface area contributed by atoms with Crippen molar-refractivity contribution in [3.8, 4) is 5.75 Å². The van der Waals surface area contributed by atoms with E-state index < -0.39 is 12.1 Å². The minimum atomic E-state index is -0.969. The molecule has 1 aromatic rings. The van der Waals surface area contributed by atoms with E-state index in [1.807, 2.05) is 12.1 Å². The van der Waals surface area contributed by atoms with E-state index in [0.29, 0.717) is 12.4 Å². The maximum absolute atomic E-state index is 10.6. The first-order chi connectivity index (χ1) is 7.63. The van der Waals surface area contributed by atoms with Gasteiger partial charge in [0.2, 0.25) is 0 Å². The summed E-state index contributed by atoms with van der Waals surface area (Å²) in [6.07, 6.45) is 0.00969. The van der Waals surface area contributed by atoms with Crippen LogP contribution in [0.2, 0.25) is 0 Å². The van der Waals surface area contributed by atoms with Crippen LogP contribution < -0.4 is 4.74 Å². The fraction of sp³-hybridized carbons (Fsp3) is 0.417. The molecule has 0 aromatic heterocycles. The number of carboxylic acids is 1. The number of carbonyl (C=O) groups is 1. The monoisotopic (exact) mass is 224 g/mol. The van der Waals surface area contributed by atoms with Gasteiger partial charge >= 0.3 is 5.97 Å². The lowest BCUT2D eigenvalue weighted by atomic mass is 10.1. The van der Waals surface area contributed by atoms with Gasteiger partial charge in [0.05, 0.1) is 6.61 Å². The van der Waals surface area contributed by atoms with Gasteiger partial charge in [0.15, 0.2) is 6.10 Å². The van der Waals surface area contributed by atoms with Crippen molar-refractivity contribution in [3.63, 3.8) is 0 Å². The van der Waals surface area contributed by atoms with Crippen molar-refractivity contribution in [3.05, 3.63) is 29.8 Å². The Kier molecular flexibility index (Phi) is 4.79. The molecule has 0 saturated carbocycles. The molecule has 0 aliphatic carbocycles. The summed E-state index contributed by atoms with van der Waals surface area (Å²) < 4.78 is 10.2. The minimum Gasteiger partial charge on any atom is -0.479 e. The van der Waals surface area contributed by atoms with E-state index >= 15 is 0 Å². The molecule has 0 bridgehead atoms. The highest BCUT2D eigenvalue weighted by molar-refractivity contribution is 5.72. The number of benzene rings is 1. The van der Waals surface area contributed by atoms with E-state index in [0.717, 1.165) is 12.0 Å². The molecule has 0 fully saturated rings. The molecule has 88 valence electrons. The predicted octanol–water partition coefficient (Wildman–Crippen LogP) is 1.73. The Bertz CT molecular complexity index is 331. The third-order valence-electron chi connectivity index (χ3n) is 2.18. The molecule has 1 atom stereocenters. The Morgan fingerprint density at radius 2 is 2.00 bits per heavy atom. The first-order valence-electron chi connectivity index (χ1n) is 5.11. The number of hydrogen-bond acceptors (Lipinski definition) is 3. The lowest BCUT2D eigenvalue weighted by Gasteiger charge is -2.10. The van der Waals surface area contributed by atoms with Gasteiger partial charge in [-0.25, -0.2) is 4.79 Å². The van der Waals surface area contributed by atoms with Gasteiger partial charge in [-0.05, 0) is 31.0 Å². The second kappa shape index (κ2) is 6.12. The molecule has 16 heavy (non-hydrogen) atoms. The molecule has 0 aliphatic heterocycles. The standard InChI is InChI=1S/C12H16O4/c1-9(12(13)14)16-11-5-3-10(4-6-11)7-8-15-2/h3-6,9H,7-8H2,1-2H3,(H,13,14). The van der Waals surface area contributed by atoms with Crippen molar-refractivity contribution in [2.45, 2.75) is 19.4 Å². The van der Waals surface area contributed by atoms with Gasteiger partial charge in [0.1, 0.15) is 5.75 Å². The minimum absolute atomic E-state index is 0.566. The Morgan fingerprint density at radius 1 is 1.38 bits per heavy atom. The molecule has 4 nitrogen and oxygen atoms in total. The molecule has 1 rings (SSSR count). The van der Waals surface area contributed by atoms with E-state index in [4.69, 9.17) is 14.6 Å². The summed E-state index contributed by atoms with van der Waals surface area (Å²) in [5, 5.41) is 8.67. The van der Waals surface area contributed by atoms with E-state index in [9.17, 15) is 4.79 Å². The van der Waals surface area contributed by atoms with Crippen LogP contribution >= 0.6 is 0 Å². The van der Waals surface area contributed by atoms with Crippen molar-refractivity contribution in [1.29, 1.82) is 0 Å². The third kappa shape index (κ3) is 3.90. The molecule has 4 heteroatoms. The van der Waals surface area contributed by atoms with E-state index in [1.165, 1.54) is 6.92 Å². The highest BCUT2D eigenvalue weighted by Gasteiger charge is 2.11. The highest BCUT2D eigenvalue weighted by Crippen LogP contribution is 2.14. The van der Waals surface area contributed by atoms with Gasteiger partial charge in [0.25, 0.3) is 0 Å². The number of ether oxygens (including phenoxy) is 2. The molecule has 1 unspecified atom stereocenters. The largest absolute Gasteiger partial charge is 0.479 e. The second-order valence-corrected chi connectivity index (χ2v) is 3.49. The average Bonchev–Trinajstić information content (AvgIpc) is 2.28. The number of methoxy groups -OCH3 is 1. The average molecular weight is 224 g/mol. The van der Waals surface area contributed by atoms with E-state index in [2.05, 4.69) is 0 Å². The molecule has 0 saturated heterocycles. The summed E-state index contributed by atoms with van der Waals surface area (Å²) in [5.41, 5.74) is 1.14. The lowest BCUT2D eigenvalue weighted by molar-refractivity contribution is -0.144. The van der Waals surface area contributed by atoms with Crippen LogP contribution in [-0.4, -0.2) is 30.9 Å². The molecule has 1 aromatic carbocycles. The van der Waals surface area contributed by atoms with Gasteiger partial charge in [-0.2, -0.15) is 0 Å². The van der Waals surface area contributed by atoms with Crippen LogP contribution in [-0.2, 0) is 16.0 Å². The fourth-order valence-electron chi connectivity index (χ4n) is 1.21. The first kappa shape index (κ1) is 12.5. The van der Waals surface area contributed by atoms with Crippen molar-refractivity contribution in [2.24, 2.45) is 0 Å². The van der Waals surface area contributed by atoms with Crippen LogP contribution in [0.3, 0.4) is 0 Å². The lowest BCUT2D eigenvalue weighted by Crippen LogP contribution is -2.22. The number of carboxylic acid groups (broad SMARTS) is 1. The Balaban J connectivity index is 2.54. The smallest absolute Gasteiger partial charge is 0.344 e. The van der Waals surface area contributed by atoms with Crippen LogP contribution in [0.5, 0.6) is 5.75 Å². The van der Waals surface area contributed by atoms with E-state index in [-0.39, 0.29) is 0 Å². The van der Waals surface area contributed by atoms with Crippen LogP contribution in [0.4, 0.5) is 0 Å². The first-order valence-corrected chi connectivity index (χ1v) is 5.11. The maximum Gasteiger partial charge on any atom is 0.344 e. The molecular formula is C12H16O4. The maximum atomic E-state index is 10.6. The summed E-state index contributed by atoms with van der Waals surface area (Å²) in [4.78, 5) is 10.6. The Morgan fingerprint density at radius 3 is 2.50 bits per heavy atom. The van der Waals surface area contributed by atoms with Gasteiger partial charge < -0.3 is 14.6 Å². The summed E-state index contributed by atoms with van der Waals surface area (Å²) in [6.45, 7) is 2.17. The Labute approximate surface area is 94.8 Å². The zero-order valence-electron chi connectivity index (χ0n) is 9.47. The molecular weight excluding hydrogens is 208 g/mol. The zero-order valence-corrected chi connectivity index (χ0v) is 9.47. The van der Waals surface area contributed by atoms with Crippen LogP contribution in [0.25, 0.3) is 0 Å². The molecule has 0 heterocycles. The van der Waals surface area contributed by atoms with Gasteiger partial charge in [-0.15, -0.1) is 0 Å². The molecule has 0 radical (unpaired) electrons. The molecule has 0 amide bonds. The topological polar surface area (TPSA) is 55.8 Å². The zero-order chi connectivity index (χ0) is 12.0. The van der Waals surface area contributed by atoms with Crippen LogP contribution in [0, 0.1) is 0 Å². The highest BCUT2D eigenvalue weighted by atomic mass is 16.5. The Hall–Kier alpha value is -1.55. The van der Waals surface area contributed by atoms with Gasteiger partial charge in [-0.1, -0.05) is 12.1 Å². The number of rotatable bonds is 6. The van der Waals surface area contributed by atoms with Gasteiger partial charge in [0, 0.05) is 7.11 Å². The van der Waals surface area contributed by atoms with Crippen LogP contribution in [0.15, 0.2) is 24.3 Å². The second-order valence-electron chi connectivity index (χ2n) is 3.49. The van der Waals surface area contributed by atoms with Crippen molar-refractivity contribution in [1.82, 2.24) is 0 Å². The molecule has 0 spiro atoms. The van der Waals surface area contributed by atoms with E-state index in [1.54, 1.807) is 19.2 Å².